The standard InChI is InChI=1S/C27H31N3O3S2/c1-20-8-6-7-11-23(20)26-24-13-19-34-25(24)12-14-30(26)21(2)27(31)28-15-17-29(18-16-28)35(32,33)22-9-4-3-5-10-22/h3-11,13,19,21,26H,12,14-18H2,1-2H3/t21-,26+/m1/s1. The molecule has 184 valence electrons. The number of fused-ring (bicyclic) bond motifs is 1. The molecule has 1 fully saturated rings. The van der Waals surface area contributed by atoms with Crippen molar-refractivity contribution in [2.45, 2.75) is 37.2 Å². The fourth-order valence-electron chi connectivity index (χ4n) is 5.29. The lowest BCUT2D eigenvalue weighted by Gasteiger charge is -2.42. The smallest absolute Gasteiger partial charge is 0.243 e. The van der Waals surface area contributed by atoms with Gasteiger partial charge in [0.15, 0.2) is 0 Å². The molecule has 0 N–H and O–H groups in total. The molecular weight excluding hydrogens is 478 g/mol. The number of hydrogen-bond donors (Lipinski definition) is 0. The lowest BCUT2D eigenvalue weighted by molar-refractivity contribution is -0.138. The summed E-state index contributed by atoms with van der Waals surface area (Å²) < 4.78 is 27.5. The summed E-state index contributed by atoms with van der Waals surface area (Å²) >= 11 is 1.80. The maximum Gasteiger partial charge on any atom is 0.243 e. The molecule has 0 saturated carbocycles. The van der Waals surface area contributed by atoms with Gasteiger partial charge >= 0.3 is 0 Å². The zero-order valence-electron chi connectivity index (χ0n) is 20.1. The Bertz CT molecular complexity index is 1300. The Kier molecular flexibility index (Phi) is 6.81. The van der Waals surface area contributed by atoms with E-state index in [9.17, 15) is 13.2 Å². The first kappa shape index (κ1) is 24.2. The SMILES string of the molecule is Cc1ccccc1[C@H]1c2ccsc2CCN1[C@H](C)C(=O)N1CCN(S(=O)(=O)c2ccccc2)CC1. The van der Waals surface area contributed by atoms with E-state index in [1.165, 1.54) is 25.9 Å². The van der Waals surface area contributed by atoms with E-state index in [0.29, 0.717) is 31.1 Å². The maximum atomic E-state index is 13.7. The van der Waals surface area contributed by atoms with Crippen LogP contribution in [-0.2, 0) is 21.2 Å². The number of piperazine rings is 1. The summed E-state index contributed by atoms with van der Waals surface area (Å²) in [5, 5.41) is 2.15. The van der Waals surface area contributed by atoms with Crippen LogP contribution in [0.3, 0.4) is 0 Å². The number of sulfonamides is 1. The normalized spacial score (nSPS) is 20.4. The van der Waals surface area contributed by atoms with E-state index in [4.69, 9.17) is 0 Å². The monoisotopic (exact) mass is 509 g/mol. The molecule has 1 saturated heterocycles. The Morgan fingerprint density at radius 1 is 0.914 bits per heavy atom. The number of thiophene rings is 1. The van der Waals surface area contributed by atoms with Crippen LogP contribution in [0, 0.1) is 6.92 Å². The van der Waals surface area contributed by atoms with Crippen molar-refractivity contribution in [3.05, 3.63) is 87.6 Å². The van der Waals surface area contributed by atoms with Crippen LogP contribution in [-0.4, -0.2) is 67.2 Å². The highest BCUT2D eigenvalue weighted by molar-refractivity contribution is 7.89. The van der Waals surface area contributed by atoms with E-state index < -0.39 is 10.0 Å². The number of nitrogens with zero attached hydrogens (tertiary/aromatic N) is 3. The van der Waals surface area contributed by atoms with Crippen LogP contribution in [0.5, 0.6) is 0 Å². The highest BCUT2D eigenvalue weighted by atomic mass is 32.2. The fraction of sp³-hybridized carbons (Fsp3) is 0.370. The van der Waals surface area contributed by atoms with Crippen molar-refractivity contribution in [1.82, 2.24) is 14.1 Å². The second-order valence-corrected chi connectivity index (χ2v) is 12.2. The second kappa shape index (κ2) is 9.85. The van der Waals surface area contributed by atoms with Crippen molar-refractivity contribution < 1.29 is 13.2 Å². The van der Waals surface area contributed by atoms with E-state index in [1.807, 2.05) is 11.8 Å². The van der Waals surface area contributed by atoms with Crippen LogP contribution < -0.4 is 0 Å². The lowest BCUT2D eigenvalue weighted by atomic mass is 9.89. The second-order valence-electron chi connectivity index (χ2n) is 9.26. The van der Waals surface area contributed by atoms with Gasteiger partial charge in [-0.25, -0.2) is 8.42 Å². The van der Waals surface area contributed by atoms with Crippen LogP contribution >= 0.6 is 11.3 Å². The molecule has 2 aliphatic heterocycles. The largest absolute Gasteiger partial charge is 0.339 e. The van der Waals surface area contributed by atoms with Crippen LogP contribution in [0.2, 0.25) is 0 Å². The van der Waals surface area contributed by atoms with Gasteiger partial charge in [-0.05, 0) is 60.5 Å². The van der Waals surface area contributed by atoms with Gasteiger partial charge in [-0.3, -0.25) is 9.69 Å². The highest BCUT2D eigenvalue weighted by Gasteiger charge is 2.38. The first-order valence-electron chi connectivity index (χ1n) is 12.1. The number of hydrogen-bond acceptors (Lipinski definition) is 5. The van der Waals surface area contributed by atoms with E-state index in [1.54, 1.807) is 41.7 Å². The molecule has 8 heteroatoms. The van der Waals surface area contributed by atoms with Crippen molar-refractivity contribution in [3.8, 4) is 0 Å². The van der Waals surface area contributed by atoms with Gasteiger partial charge in [0.2, 0.25) is 15.9 Å². The van der Waals surface area contributed by atoms with Gasteiger partial charge in [0.05, 0.1) is 17.0 Å². The van der Waals surface area contributed by atoms with Gasteiger partial charge in [0.25, 0.3) is 0 Å². The van der Waals surface area contributed by atoms with Crippen molar-refractivity contribution in [1.29, 1.82) is 0 Å². The number of amides is 1. The zero-order valence-corrected chi connectivity index (χ0v) is 21.8. The Balaban J connectivity index is 1.33. The van der Waals surface area contributed by atoms with Gasteiger partial charge in [-0.1, -0.05) is 42.5 Å². The van der Waals surface area contributed by atoms with Crippen LogP contribution in [0.15, 0.2) is 70.9 Å². The van der Waals surface area contributed by atoms with E-state index in [-0.39, 0.29) is 18.0 Å². The number of carbonyl (C=O) groups excluding carboxylic acids is 1. The molecule has 5 rings (SSSR count). The Morgan fingerprint density at radius 3 is 2.31 bits per heavy atom. The first-order valence-corrected chi connectivity index (χ1v) is 14.4. The molecule has 3 aromatic rings. The summed E-state index contributed by atoms with van der Waals surface area (Å²) in [6, 6.07) is 18.9. The summed E-state index contributed by atoms with van der Waals surface area (Å²) in [6.45, 7) is 6.38. The molecule has 2 aliphatic rings. The van der Waals surface area contributed by atoms with Crippen LogP contribution in [0.4, 0.5) is 0 Å². The number of aryl methyl sites for hydroxylation is 1. The first-order chi connectivity index (χ1) is 16.9. The molecule has 2 aromatic carbocycles. The molecule has 6 nitrogen and oxygen atoms in total. The fourth-order valence-corrected chi connectivity index (χ4v) is 7.64. The van der Waals surface area contributed by atoms with Gasteiger partial charge in [-0.15, -0.1) is 11.3 Å². The third-order valence-electron chi connectivity index (χ3n) is 7.27. The van der Waals surface area contributed by atoms with Gasteiger partial charge < -0.3 is 4.90 Å². The quantitative estimate of drug-likeness (QED) is 0.523. The Labute approximate surface area is 211 Å². The highest BCUT2D eigenvalue weighted by Crippen LogP contribution is 2.40. The Hall–Kier alpha value is -2.52. The average molecular weight is 510 g/mol. The number of benzene rings is 2. The molecular formula is C27H31N3O3S2. The van der Waals surface area contributed by atoms with E-state index in [0.717, 1.165) is 13.0 Å². The Morgan fingerprint density at radius 2 is 1.60 bits per heavy atom. The third kappa shape index (κ3) is 4.56. The summed E-state index contributed by atoms with van der Waals surface area (Å²) in [5.41, 5.74) is 3.76. The third-order valence-corrected chi connectivity index (χ3v) is 10.2. The predicted molar refractivity (Wildman–Crippen MR) is 139 cm³/mol. The molecule has 3 heterocycles. The summed E-state index contributed by atoms with van der Waals surface area (Å²) in [4.78, 5) is 19.5. The van der Waals surface area contributed by atoms with Crippen molar-refractivity contribution in [3.63, 3.8) is 0 Å². The molecule has 0 unspecified atom stereocenters. The maximum absolute atomic E-state index is 13.7. The minimum atomic E-state index is -3.54. The molecule has 35 heavy (non-hydrogen) atoms. The number of rotatable bonds is 5. The van der Waals surface area contributed by atoms with Gasteiger partial charge in [-0.2, -0.15) is 4.31 Å². The molecule has 1 amide bonds. The van der Waals surface area contributed by atoms with Crippen molar-refractivity contribution >= 4 is 27.3 Å². The summed E-state index contributed by atoms with van der Waals surface area (Å²) in [7, 11) is -3.54. The molecule has 2 atom stereocenters. The topological polar surface area (TPSA) is 60.9 Å². The molecule has 0 spiro atoms. The lowest BCUT2D eigenvalue weighted by Crippen LogP contribution is -2.56. The summed E-state index contributed by atoms with van der Waals surface area (Å²) in [5.74, 6) is 0.0685. The minimum absolute atomic E-state index is 0.0462. The molecule has 0 radical (unpaired) electrons. The van der Waals surface area contributed by atoms with Crippen molar-refractivity contribution in [2.75, 3.05) is 32.7 Å². The van der Waals surface area contributed by atoms with Crippen LogP contribution in [0.1, 0.15) is 34.5 Å². The number of carbonyl (C=O) groups is 1. The van der Waals surface area contributed by atoms with Gasteiger partial charge in [0.1, 0.15) is 0 Å². The summed E-state index contributed by atoms with van der Waals surface area (Å²) in [6.07, 6.45) is 0.941. The average Bonchev–Trinajstić information content (AvgIpc) is 3.37. The van der Waals surface area contributed by atoms with Crippen LogP contribution in [0.25, 0.3) is 0 Å². The van der Waals surface area contributed by atoms with E-state index in [2.05, 4.69) is 47.5 Å². The van der Waals surface area contributed by atoms with Crippen molar-refractivity contribution in [2.24, 2.45) is 0 Å². The van der Waals surface area contributed by atoms with Gasteiger partial charge in [0, 0.05) is 37.6 Å². The minimum Gasteiger partial charge on any atom is -0.339 e. The molecule has 1 aromatic heterocycles. The predicted octanol–water partition coefficient (Wildman–Crippen LogP) is 3.93. The zero-order chi connectivity index (χ0) is 24.6. The molecule has 0 bridgehead atoms. The molecule has 0 aliphatic carbocycles. The van der Waals surface area contributed by atoms with E-state index >= 15 is 0 Å².